The molecule has 3 heteroatoms. The van der Waals surface area contributed by atoms with Crippen LogP contribution >= 0.6 is 22.9 Å². The van der Waals surface area contributed by atoms with E-state index in [4.69, 9.17) is 11.6 Å². The normalized spacial score (nSPS) is 23.2. The zero-order valence-corrected chi connectivity index (χ0v) is 6.87. The van der Waals surface area contributed by atoms with Crippen molar-refractivity contribution in [3.63, 3.8) is 0 Å². The topological polar surface area (TPSA) is 20.2 Å². The summed E-state index contributed by atoms with van der Waals surface area (Å²) in [6.45, 7) is 0. The Hall–Kier alpha value is -0.0500. The average molecular weight is 175 g/mol. The van der Waals surface area contributed by atoms with Crippen LogP contribution in [0.3, 0.4) is 0 Å². The number of aryl methyl sites for hydroxylation is 1. The zero-order chi connectivity index (χ0) is 7.14. The van der Waals surface area contributed by atoms with Gasteiger partial charge in [-0.25, -0.2) is 0 Å². The molecule has 0 fully saturated rings. The summed E-state index contributed by atoms with van der Waals surface area (Å²) in [5.41, 5.74) is 1.05. The van der Waals surface area contributed by atoms with Crippen LogP contribution in [0.15, 0.2) is 6.07 Å². The van der Waals surface area contributed by atoms with Gasteiger partial charge in [0.25, 0.3) is 0 Å². The Labute approximate surface area is 68.3 Å². The van der Waals surface area contributed by atoms with E-state index in [0.29, 0.717) is 0 Å². The second-order valence-electron chi connectivity index (χ2n) is 2.48. The number of fused-ring (bicyclic) bond motifs is 1. The number of rotatable bonds is 0. The van der Waals surface area contributed by atoms with Crippen molar-refractivity contribution in [2.45, 2.75) is 18.9 Å². The molecule has 0 aromatic carbocycles. The maximum absolute atomic E-state index is 9.34. The van der Waals surface area contributed by atoms with Crippen molar-refractivity contribution >= 4 is 22.9 Å². The van der Waals surface area contributed by atoms with Gasteiger partial charge in [-0.2, -0.15) is 0 Å². The van der Waals surface area contributed by atoms with Gasteiger partial charge in [-0.15, -0.1) is 11.3 Å². The van der Waals surface area contributed by atoms with E-state index in [1.807, 2.05) is 6.07 Å². The highest BCUT2D eigenvalue weighted by molar-refractivity contribution is 7.16. The predicted molar refractivity (Wildman–Crippen MR) is 42.6 cm³/mol. The quantitative estimate of drug-likeness (QED) is 0.641. The molecule has 0 saturated carbocycles. The van der Waals surface area contributed by atoms with Crippen LogP contribution in [-0.2, 0) is 6.42 Å². The van der Waals surface area contributed by atoms with Crippen LogP contribution in [0.2, 0.25) is 4.34 Å². The molecule has 0 aliphatic heterocycles. The monoisotopic (exact) mass is 174 g/mol. The summed E-state index contributed by atoms with van der Waals surface area (Å²) in [5.74, 6) is 0. The second-order valence-corrected chi connectivity index (χ2v) is 4.25. The molecule has 1 nitrogen and oxygen atoms in total. The van der Waals surface area contributed by atoms with Gasteiger partial charge >= 0.3 is 0 Å². The van der Waals surface area contributed by atoms with Crippen molar-refractivity contribution in [3.05, 3.63) is 20.8 Å². The van der Waals surface area contributed by atoms with Crippen molar-refractivity contribution in [2.75, 3.05) is 0 Å². The number of thiophene rings is 1. The highest BCUT2D eigenvalue weighted by Gasteiger charge is 2.22. The maximum Gasteiger partial charge on any atom is 0.0935 e. The Morgan fingerprint density at radius 3 is 3.20 bits per heavy atom. The third kappa shape index (κ3) is 0.875. The predicted octanol–water partition coefficient (Wildman–Crippen LogP) is 2.38. The number of halogens is 1. The van der Waals surface area contributed by atoms with Crippen molar-refractivity contribution in [3.8, 4) is 0 Å². The van der Waals surface area contributed by atoms with Gasteiger partial charge in [0.15, 0.2) is 0 Å². The minimum absolute atomic E-state index is 0.251. The lowest BCUT2D eigenvalue weighted by molar-refractivity contribution is 0.180. The van der Waals surface area contributed by atoms with Gasteiger partial charge < -0.3 is 5.11 Å². The fraction of sp³-hybridized carbons (Fsp3) is 0.429. The summed E-state index contributed by atoms with van der Waals surface area (Å²) in [7, 11) is 0. The van der Waals surface area contributed by atoms with Crippen molar-refractivity contribution in [1.82, 2.24) is 0 Å². The smallest absolute Gasteiger partial charge is 0.0935 e. The first kappa shape index (κ1) is 6.65. The van der Waals surface area contributed by atoms with Crippen molar-refractivity contribution < 1.29 is 5.11 Å². The molecule has 0 bridgehead atoms. The van der Waals surface area contributed by atoms with Crippen LogP contribution in [0, 0.1) is 0 Å². The van der Waals surface area contributed by atoms with E-state index >= 15 is 0 Å². The van der Waals surface area contributed by atoms with E-state index in [0.717, 1.165) is 22.7 Å². The SMILES string of the molecule is O[C@H]1CCc2sc(Cl)cc21. The van der Waals surface area contributed by atoms with Gasteiger partial charge in [0.1, 0.15) is 0 Å². The van der Waals surface area contributed by atoms with E-state index in [2.05, 4.69) is 0 Å². The molecule has 2 rings (SSSR count). The fourth-order valence-electron chi connectivity index (χ4n) is 1.31. The molecule has 0 amide bonds. The molecule has 0 unspecified atom stereocenters. The average Bonchev–Trinajstić information content (AvgIpc) is 2.35. The molecular weight excluding hydrogens is 168 g/mol. The van der Waals surface area contributed by atoms with Crippen LogP contribution < -0.4 is 0 Å². The molecule has 0 saturated heterocycles. The largest absolute Gasteiger partial charge is 0.388 e. The maximum atomic E-state index is 9.34. The standard InChI is InChI=1S/C7H7ClOS/c8-7-3-4-5(9)1-2-6(4)10-7/h3,5,9H,1-2H2/t5-/m0/s1. The molecule has 0 spiro atoms. The summed E-state index contributed by atoms with van der Waals surface area (Å²) in [4.78, 5) is 1.26. The van der Waals surface area contributed by atoms with E-state index in [1.165, 1.54) is 4.88 Å². The summed E-state index contributed by atoms with van der Waals surface area (Å²) < 4.78 is 0.795. The first-order valence-corrected chi connectivity index (χ1v) is 4.43. The Bertz CT molecular complexity index is 256. The number of hydrogen-bond donors (Lipinski definition) is 1. The van der Waals surface area contributed by atoms with Gasteiger partial charge in [0, 0.05) is 4.88 Å². The van der Waals surface area contributed by atoms with Gasteiger partial charge in [-0.1, -0.05) is 11.6 Å². The van der Waals surface area contributed by atoms with Crippen LogP contribution in [0.25, 0.3) is 0 Å². The lowest BCUT2D eigenvalue weighted by Crippen LogP contribution is -1.86. The molecular formula is C7H7ClOS. The first-order chi connectivity index (χ1) is 4.77. The first-order valence-electron chi connectivity index (χ1n) is 3.23. The highest BCUT2D eigenvalue weighted by atomic mass is 35.5. The van der Waals surface area contributed by atoms with Crippen molar-refractivity contribution in [1.29, 1.82) is 0 Å². The van der Waals surface area contributed by atoms with Crippen LogP contribution in [-0.4, -0.2) is 5.11 Å². The molecule has 1 aliphatic carbocycles. The van der Waals surface area contributed by atoms with E-state index in [9.17, 15) is 5.11 Å². The van der Waals surface area contributed by atoms with Crippen LogP contribution in [0.4, 0.5) is 0 Å². The Morgan fingerprint density at radius 1 is 1.70 bits per heavy atom. The van der Waals surface area contributed by atoms with Crippen LogP contribution in [0.5, 0.6) is 0 Å². The molecule has 1 aromatic rings. The minimum atomic E-state index is -0.251. The number of aliphatic hydroxyl groups excluding tert-OH is 1. The lowest BCUT2D eigenvalue weighted by Gasteiger charge is -1.96. The molecule has 10 heavy (non-hydrogen) atoms. The summed E-state index contributed by atoms with van der Waals surface area (Å²) in [5, 5.41) is 9.34. The molecule has 1 aliphatic rings. The summed E-state index contributed by atoms with van der Waals surface area (Å²) in [6, 6.07) is 1.87. The third-order valence-corrected chi connectivity index (χ3v) is 3.16. The molecule has 1 atom stereocenters. The fourth-order valence-corrected chi connectivity index (χ4v) is 2.66. The van der Waals surface area contributed by atoms with Gasteiger partial charge in [0.2, 0.25) is 0 Å². The van der Waals surface area contributed by atoms with E-state index in [-0.39, 0.29) is 6.10 Å². The Morgan fingerprint density at radius 2 is 2.50 bits per heavy atom. The van der Waals surface area contributed by atoms with Gasteiger partial charge in [-0.3, -0.25) is 0 Å². The summed E-state index contributed by atoms with van der Waals surface area (Å²) in [6.07, 6.45) is 1.62. The van der Waals surface area contributed by atoms with Crippen LogP contribution in [0.1, 0.15) is 23.0 Å². The minimum Gasteiger partial charge on any atom is -0.388 e. The summed E-state index contributed by atoms with van der Waals surface area (Å²) >= 11 is 7.34. The third-order valence-electron chi connectivity index (χ3n) is 1.82. The molecule has 54 valence electrons. The highest BCUT2D eigenvalue weighted by Crippen LogP contribution is 2.38. The van der Waals surface area contributed by atoms with E-state index in [1.54, 1.807) is 11.3 Å². The Balaban J connectivity index is 2.49. The molecule has 1 heterocycles. The van der Waals surface area contributed by atoms with Gasteiger partial charge in [-0.05, 0) is 24.5 Å². The molecule has 1 N–H and O–H groups in total. The number of hydrogen-bond acceptors (Lipinski definition) is 2. The zero-order valence-electron chi connectivity index (χ0n) is 5.30. The second kappa shape index (κ2) is 2.22. The molecule has 0 radical (unpaired) electrons. The van der Waals surface area contributed by atoms with E-state index < -0.39 is 0 Å². The Kier molecular flexibility index (Phi) is 1.48. The molecule has 1 aromatic heterocycles. The lowest BCUT2D eigenvalue weighted by atomic mass is 10.2. The van der Waals surface area contributed by atoms with Gasteiger partial charge in [0.05, 0.1) is 10.4 Å². The number of aliphatic hydroxyl groups is 1. The van der Waals surface area contributed by atoms with Crippen molar-refractivity contribution in [2.24, 2.45) is 0 Å².